The molecule has 2 saturated carbocycles. The molecule has 1 aromatic carbocycles. The van der Waals surface area contributed by atoms with Gasteiger partial charge in [-0.15, -0.1) is 0 Å². The summed E-state index contributed by atoms with van der Waals surface area (Å²) >= 11 is 0. The van der Waals surface area contributed by atoms with Crippen molar-refractivity contribution in [2.45, 2.75) is 92.3 Å². The molecule has 1 aromatic rings. The van der Waals surface area contributed by atoms with E-state index in [1.54, 1.807) is 0 Å². The average Bonchev–Trinajstić information content (AvgIpc) is 2.73. The largest absolute Gasteiger partial charge is 0.392 e. The second-order valence-corrected chi connectivity index (χ2v) is 12.2. The van der Waals surface area contributed by atoms with E-state index >= 15 is 0 Å². The first-order valence-corrected chi connectivity index (χ1v) is 12.7. The van der Waals surface area contributed by atoms with Crippen LogP contribution in [0.4, 0.5) is 0 Å². The summed E-state index contributed by atoms with van der Waals surface area (Å²) in [6.45, 7) is 13.2. The van der Waals surface area contributed by atoms with E-state index in [4.69, 9.17) is 0 Å². The van der Waals surface area contributed by atoms with Crippen LogP contribution in [-0.2, 0) is 16.1 Å². The fraction of sp³-hybridized carbons (Fsp3) is 0.714. The van der Waals surface area contributed by atoms with Crippen molar-refractivity contribution in [3.05, 3.63) is 35.9 Å². The van der Waals surface area contributed by atoms with Crippen LogP contribution in [0.3, 0.4) is 0 Å². The van der Waals surface area contributed by atoms with E-state index in [0.29, 0.717) is 13.0 Å². The first-order valence-electron chi connectivity index (χ1n) is 12.7. The summed E-state index contributed by atoms with van der Waals surface area (Å²) < 4.78 is 0. The van der Waals surface area contributed by atoms with Crippen molar-refractivity contribution < 1.29 is 14.7 Å². The Balaban J connectivity index is 1.65. The normalized spacial score (nSPS) is 33.0. The summed E-state index contributed by atoms with van der Waals surface area (Å²) in [4.78, 5) is 25.6. The highest BCUT2D eigenvalue weighted by atomic mass is 16.3. The predicted molar refractivity (Wildman–Crippen MR) is 132 cm³/mol. The maximum atomic E-state index is 12.9. The summed E-state index contributed by atoms with van der Waals surface area (Å²) in [5.74, 6) is 0.0319. The first kappa shape index (κ1) is 25.7. The third-order valence-corrected chi connectivity index (χ3v) is 8.29. The second-order valence-electron chi connectivity index (χ2n) is 12.2. The third-order valence-electron chi connectivity index (χ3n) is 8.29. The Morgan fingerprint density at radius 1 is 1.15 bits per heavy atom. The van der Waals surface area contributed by atoms with E-state index in [1.807, 2.05) is 37.3 Å². The summed E-state index contributed by atoms with van der Waals surface area (Å²) in [7, 11) is 0. The number of hydrogen-bond acceptors (Lipinski definition) is 3. The van der Waals surface area contributed by atoms with Crippen molar-refractivity contribution in [1.82, 2.24) is 10.6 Å². The number of nitrogens with one attached hydrogen (secondary N) is 2. The number of aliphatic hydroxyl groups is 1. The first-order chi connectivity index (χ1) is 15.4. The number of fused-ring (bicyclic) bond motifs is 1. The molecule has 2 fully saturated rings. The maximum absolute atomic E-state index is 12.9. The molecule has 0 bridgehead atoms. The van der Waals surface area contributed by atoms with Crippen LogP contribution in [0.2, 0.25) is 0 Å². The summed E-state index contributed by atoms with van der Waals surface area (Å²) in [5.41, 5.74) is 1.08. The van der Waals surface area contributed by atoms with E-state index in [1.165, 1.54) is 0 Å². The highest BCUT2D eigenvalue weighted by Gasteiger charge is 2.53. The minimum atomic E-state index is -0.543. The van der Waals surface area contributed by atoms with Crippen LogP contribution in [-0.4, -0.2) is 29.1 Å². The highest BCUT2D eigenvalue weighted by Crippen LogP contribution is 2.55. The summed E-state index contributed by atoms with van der Waals surface area (Å²) in [6.07, 6.45) is 3.79. The molecule has 0 heterocycles. The Labute approximate surface area is 200 Å². The smallest absolute Gasteiger partial charge is 0.223 e. The quantitative estimate of drug-likeness (QED) is 0.581. The molecule has 184 valence electrons. The van der Waals surface area contributed by atoms with Gasteiger partial charge in [-0.2, -0.15) is 0 Å². The minimum absolute atomic E-state index is 0.00463. The predicted octanol–water partition coefficient (Wildman–Crippen LogP) is 4.68. The van der Waals surface area contributed by atoms with Gasteiger partial charge in [-0.25, -0.2) is 0 Å². The topological polar surface area (TPSA) is 78.4 Å². The van der Waals surface area contributed by atoms with Crippen LogP contribution in [0, 0.1) is 34.5 Å². The van der Waals surface area contributed by atoms with E-state index in [0.717, 1.165) is 31.2 Å². The number of rotatable bonds is 6. The van der Waals surface area contributed by atoms with Crippen LogP contribution in [0.25, 0.3) is 0 Å². The zero-order valence-corrected chi connectivity index (χ0v) is 21.4. The Morgan fingerprint density at radius 3 is 2.42 bits per heavy atom. The van der Waals surface area contributed by atoms with Crippen molar-refractivity contribution in [2.75, 3.05) is 0 Å². The third kappa shape index (κ3) is 6.17. The average molecular weight is 457 g/mol. The van der Waals surface area contributed by atoms with Gasteiger partial charge in [0.25, 0.3) is 0 Å². The minimum Gasteiger partial charge on any atom is -0.392 e. The molecule has 0 unspecified atom stereocenters. The molecule has 0 spiro atoms. The van der Waals surface area contributed by atoms with Gasteiger partial charge in [-0.1, -0.05) is 71.9 Å². The molecule has 33 heavy (non-hydrogen) atoms. The number of benzene rings is 1. The molecule has 2 aliphatic rings. The van der Waals surface area contributed by atoms with Crippen LogP contribution in [0.1, 0.15) is 79.2 Å². The highest BCUT2D eigenvalue weighted by molar-refractivity contribution is 5.78. The molecule has 3 rings (SSSR count). The number of amides is 2. The summed E-state index contributed by atoms with van der Waals surface area (Å²) in [5, 5.41) is 17.9. The van der Waals surface area contributed by atoms with Gasteiger partial charge in [0.15, 0.2) is 0 Å². The maximum Gasteiger partial charge on any atom is 0.223 e. The fourth-order valence-electron chi connectivity index (χ4n) is 6.38. The van der Waals surface area contributed by atoms with Gasteiger partial charge in [-0.05, 0) is 59.8 Å². The molecule has 0 aromatic heterocycles. The summed E-state index contributed by atoms with van der Waals surface area (Å²) in [6, 6.07) is 9.99. The van der Waals surface area contributed by atoms with Crippen LogP contribution >= 0.6 is 0 Å². The molecular weight excluding hydrogens is 412 g/mol. The lowest BCUT2D eigenvalue weighted by molar-refractivity contribution is -0.144. The fourth-order valence-corrected chi connectivity index (χ4v) is 6.38. The van der Waals surface area contributed by atoms with Crippen LogP contribution in [0.15, 0.2) is 30.3 Å². The van der Waals surface area contributed by atoms with E-state index in [9.17, 15) is 14.7 Å². The zero-order chi connectivity index (χ0) is 24.4. The zero-order valence-electron chi connectivity index (χ0n) is 21.4. The number of carbonyl (C=O) groups excluding carboxylic acids is 2. The van der Waals surface area contributed by atoms with Crippen LogP contribution < -0.4 is 10.6 Å². The van der Waals surface area contributed by atoms with E-state index in [-0.39, 0.29) is 52.4 Å². The van der Waals surface area contributed by atoms with Gasteiger partial charge in [0, 0.05) is 24.9 Å². The monoisotopic (exact) mass is 456 g/mol. The van der Waals surface area contributed by atoms with Crippen molar-refractivity contribution in [1.29, 1.82) is 0 Å². The van der Waals surface area contributed by atoms with Gasteiger partial charge in [0.2, 0.25) is 11.8 Å². The van der Waals surface area contributed by atoms with Gasteiger partial charge in [-0.3, -0.25) is 9.59 Å². The molecule has 7 atom stereocenters. The Morgan fingerprint density at radius 2 is 1.79 bits per heavy atom. The van der Waals surface area contributed by atoms with Crippen molar-refractivity contribution >= 4 is 11.8 Å². The van der Waals surface area contributed by atoms with Crippen molar-refractivity contribution in [3.63, 3.8) is 0 Å². The lowest BCUT2D eigenvalue weighted by Gasteiger charge is -2.56. The van der Waals surface area contributed by atoms with Gasteiger partial charge in [0.05, 0.1) is 6.10 Å². The Kier molecular flexibility index (Phi) is 7.93. The number of aliphatic hydroxyl groups excluding tert-OH is 1. The SMILES string of the molecule is C[C@H]1[C@@H]2[C@@H](O)[C@@H]([C@H](C)C(=O)NCc3ccccc3)CC[C@@]2(C)CC[C@@H]1NC(=O)CC(C)(C)C. The van der Waals surface area contributed by atoms with E-state index in [2.05, 4.69) is 45.3 Å². The van der Waals surface area contributed by atoms with Gasteiger partial charge >= 0.3 is 0 Å². The lowest BCUT2D eigenvalue weighted by Crippen LogP contribution is -2.58. The molecule has 3 N–H and O–H groups in total. The lowest BCUT2D eigenvalue weighted by atomic mass is 9.51. The molecule has 0 aliphatic heterocycles. The standard InChI is InChI=1S/C28H44N2O3/c1-18(26(33)29-17-20-10-8-7-9-11-20)21-12-14-28(6)15-13-22(19(2)24(28)25(21)32)30-23(31)16-27(3,4)5/h7-11,18-19,21-22,24-25,32H,12-17H2,1-6H3,(H,29,33)(H,30,31)/t18-,19+,21+,22-,24+,25-,28-/m0/s1. The molecule has 0 saturated heterocycles. The molecule has 2 aliphatic carbocycles. The Hall–Kier alpha value is -1.88. The Bertz CT molecular complexity index is 818. The number of carbonyl (C=O) groups is 2. The molecule has 0 radical (unpaired) electrons. The van der Waals surface area contributed by atoms with Crippen LogP contribution in [0.5, 0.6) is 0 Å². The van der Waals surface area contributed by atoms with Crippen molar-refractivity contribution in [2.24, 2.45) is 34.5 Å². The molecule has 5 nitrogen and oxygen atoms in total. The van der Waals surface area contributed by atoms with E-state index < -0.39 is 6.10 Å². The molecule has 5 heteroatoms. The van der Waals surface area contributed by atoms with Crippen molar-refractivity contribution in [3.8, 4) is 0 Å². The molecular formula is C28H44N2O3. The number of hydrogen-bond donors (Lipinski definition) is 3. The molecule has 2 amide bonds. The van der Waals surface area contributed by atoms with Gasteiger partial charge in [0.1, 0.15) is 0 Å². The van der Waals surface area contributed by atoms with Gasteiger partial charge < -0.3 is 15.7 Å². The second kappa shape index (κ2) is 10.2.